The van der Waals surface area contributed by atoms with Gasteiger partial charge in [0, 0.05) is 14.1 Å². The van der Waals surface area contributed by atoms with E-state index in [4.69, 9.17) is 5.73 Å². The summed E-state index contributed by atoms with van der Waals surface area (Å²) in [4.78, 5) is 4.51. The first-order valence-electron chi connectivity index (χ1n) is 7.07. The van der Waals surface area contributed by atoms with Gasteiger partial charge < -0.3 is 10.3 Å². The lowest BCUT2D eigenvalue weighted by molar-refractivity contribution is 0.578. The molecule has 0 aliphatic heterocycles. The van der Waals surface area contributed by atoms with Crippen molar-refractivity contribution in [3.63, 3.8) is 0 Å². The van der Waals surface area contributed by atoms with Crippen LogP contribution in [0.2, 0.25) is 0 Å². The van der Waals surface area contributed by atoms with Gasteiger partial charge in [-0.25, -0.2) is 4.98 Å². The second kappa shape index (κ2) is 4.87. The number of anilines is 1. The Balaban J connectivity index is 2.19. The van der Waals surface area contributed by atoms with E-state index in [2.05, 4.69) is 27.2 Å². The van der Waals surface area contributed by atoms with Gasteiger partial charge in [-0.05, 0) is 13.3 Å². The van der Waals surface area contributed by atoms with E-state index in [1.165, 1.54) is 0 Å². The first-order valence-corrected chi connectivity index (χ1v) is 7.07. The molecule has 8 heteroatoms. The van der Waals surface area contributed by atoms with Gasteiger partial charge in [-0.15, -0.1) is 10.2 Å². The van der Waals surface area contributed by atoms with Crippen LogP contribution in [0.25, 0.3) is 11.2 Å². The minimum atomic E-state index is -0.0626. The number of aromatic nitrogens is 7. The lowest BCUT2D eigenvalue weighted by Crippen LogP contribution is -2.16. The van der Waals surface area contributed by atoms with E-state index in [0.29, 0.717) is 5.95 Å². The number of rotatable bonds is 4. The summed E-state index contributed by atoms with van der Waals surface area (Å²) in [7, 11) is 3.84. The summed E-state index contributed by atoms with van der Waals surface area (Å²) in [6.45, 7) is 4.16. The Kier molecular flexibility index (Phi) is 3.15. The maximum absolute atomic E-state index is 6.14. The van der Waals surface area contributed by atoms with Crippen molar-refractivity contribution in [2.75, 3.05) is 5.73 Å². The molecular formula is C13H20N8. The molecule has 0 radical (unpaired) electrons. The minimum absolute atomic E-state index is 0.0626. The zero-order valence-corrected chi connectivity index (χ0v) is 12.8. The molecule has 0 amide bonds. The summed E-state index contributed by atoms with van der Waals surface area (Å²) >= 11 is 0. The van der Waals surface area contributed by atoms with Gasteiger partial charge in [0.1, 0.15) is 11.8 Å². The second-order valence-electron chi connectivity index (χ2n) is 5.31. The number of nitrogens with zero attached hydrogens (tertiary/aromatic N) is 7. The van der Waals surface area contributed by atoms with E-state index in [0.717, 1.165) is 35.5 Å². The van der Waals surface area contributed by atoms with Crippen LogP contribution < -0.4 is 5.73 Å². The van der Waals surface area contributed by atoms with E-state index in [1.807, 2.05) is 34.8 Å². The topological polar surface area (TPSA) is 92.4 Å². The van der Waals surface area contributed by atoms with Crippen LogP contribution in [-0.2, 0) is 20.5 Å². The third kappa shape index (κ3) is 1.98. The SMILES string of the molecule is CCCc1nn(C)c2c1nc(N)n2C(C)c1nncn1C. The molecule has 2 N–H and O–H groups in total. The number of imidazole rings is 1. The highest BCUT2D eigenvalue weighted by atomic mass is 15.4. The van der Waals surface area contributed by atoms with Crippen LogP contribution >= 0.6 is 0 Å². The number of hydrogen-bond acceptors (Lipinski definition) is 5. The standard InChI is InChI=1S/C13H20N8/c1-5-6-9-10-12(20(4)18-9)21(13(14)16-10)8(2)11-17-15-7-19(11)3/h7-8H,5-6H2,1-4H3,(H2,14,16). The summed E-state index contributed by atoms with van der Waals surface area (Å²) in [6, 6.07) is -0.0626. The average Bonchev–Trinajstić information content (AvgIpc) is 3.07. The van der Waals surface area contributed by atoms with Crippen molar-refractivity contribution in [3.05, 3.63) is 17.8 Å². The predicted octanol–water partition coefficient (Wildman–Crippen LogP) is 1.04. The number of nitrogens with two attached hydrogens (primary N) is 1. The number of nitrogen functional groups attached to an aromatic ring is 1. The zero-order valence-electron chi connectivity index (χ0n) is 12.8. The molecule has 1 atom stereocenters. The Labute approximate surface area is 122 Å². The van der Waals surface area contributed by atoms with Crippen LogP contribution in [0.1, 0.15) is 37.8 Å². The zero-order chi connectivity index (χ0) is 15.1. The molecule has 3 aromatic heterocycles. The Morgan fingerprint density at radius 3 is 2.71 bits per heavy atom. The van der Waals surface area contributed by atoms with Gasteiger partial charge in [-0.2, -0.15) is 5.10 Å². The van der Waals surface area contributed by atoms with E-state index in [-0.39, 0.29) is 6.04 Å². The molecule has 0 fully saturated rings. The Morgan fingerprint density at radius 1 is 1.33 bits per heavy atom. The van der Waals surface area contributed by atoms with E-state index in [1.54, 1.807) is 6.33 Å². The van der Waals surface area contributed by atoms with Crippen LogP contribution in [0, 0.1) is 0 Å². The Morgan fingerprint density at radius 2 is 2.10 bits per heavy atom. The summed E-state index contributed by atoms with van der Waals surface area (Å²) in [5, 5.41) is 12.7. The minimum Gasteiger partial charge on any atom is -0.369 e. The third-order valence-electron chi connectivity index (χ3n) is 3.76. The smallest absolute Gasteiger partial charge is 0.203 e. The largest absolute Gasteiger partial charge is 0.369 e. The van der Waals surface area contributed by atoms with Crippen molar-refractivity contribution in [2.24, 2.45) is 14.1 Å². The molecule has 0 aliphatic rings. The fourth-order valence-electron chi connectivity index (χ4n) is 2.79. The van der Waals surface area contributed by atoms with Crippen LogP contribution in [0.3, 0.4) is 0 Å². The molecule has 0 saturated heterocycles. The fraction of sp³-hybridized carbons (Fsp3) is 0.538. The number of aryl methyl sites for hydroxylation is 3. The van der Waals surface area contributed by atoms with Crippen molar-refractivity contribution in [1.29, 1.82) is 0 Å². The lowest BCUT2D eigenvalue weighted by atomic mass is 10.2. The predicted molar refractivity (Wildman–Crippen MR) is 79.7 cm³/mol. The van der Waals surface area contributed by atoms with Crippen LogP contribution in [0.15, 0.2) is 6.33 Å². The average molecular weight is 288 g/mol. The highest BCUT2D eigenvalue weighted by Crippen LogP contribution is 2.28. The van der Waals surface area contributed by atoms with Gasteiger partial charge in [0.05, 0.1) is 11.7 Å². The molecule has 0 saturated carbocycles. The monoisotopic (exact) mass is 288 g/mol. The molecule has 8 nitrogen and oxygen atoms in total. The van der Waals surface area contributed by atoms with Crippen LogP contribution in [0.4, 0.5) is 5.95 Å². The maximum Gasteiger partial charge on any atom is 0.203 e. The molecule has 3 heterocycles. The van der Waals surface area contributed by atoms with Crippen LogP contribution in [0.5, 0.6) is 0 Å². The summed E-state index contributed by atoms with van der Waals surface area (Å²) in [5.41, 5.74) is 8.94. The highest BCUT2D eigenvalue weighted by Gasteiger charge is 2.23. The van der Waals surface area contributed by atoms with Crippen molar-refractivity contribution in [1.82, 2.24) is 34.1 Å². The Hall–Kier alpha value is -2.38. The molecule has 112 valence electrons. The van der Waals surface area contributed by atoms with Gasteiger partial charge in [0.2, 0.25) is 5.95 Å². The maximum atomic E-state index is 6.14. The van der Waals surface area contributed by atoms with Gasteiger partial charge in [-0.3, -0.25) is 9.25 Å². The second-order valence-corrected chi connectivity index (χ2v) is 5.31. The van der Waals surface area contributed by atoms with Gasteiger partial charge in [-0.1, -0.05) is 13.3 Å². The number of hydrogen-bond donors (Lipinski definition) is 1. The lowest BCUT2D eigenvalue weighted by Gasteiger charge is -2.14. The van der Waals surface area contributed by atoms with Crippen LogP contribution in [-0.4, -0.2) is 34.1 Å². The van der Waals surface area contributed by atoms with E-state index < -0.39 is 0 Å². The van der Waals surface area contributed by atoms with Gasteiger partial charge >= 0.3 is 0 Å². The third-order valence-corrected chi connectivity index (χ3v) is 3.76. The van der Waals surface area contributed by atoms with Crippen molar-refractivity contribution in [2.45, 2.75) is 32.7 Å². The Bertz CT molecular complexity index is 778. The van der Waals surface area contributed by atoms with E-state index >= 15 is 0 Å². The summed E-state index contributed by atoms with van der Waals surface area (Å²) in [6.07, 6.45) is 3.60. The van der Waals surface area contributed by atoms with Crippen molar-refractivity contribution in [3.8, 4) is 0 Å². The quantitative estimate of drug-likeness (QED) is 0.774. The molecule has 3 rings (SSSR count). The molecule has 21 heavy (non-hydrogen) atoms. The normalized spacial score (nSPS) is 13.1. The first-order chi connectivity index (χ1) is 10.0. The van der Waals surface area contributed by atoms with E-state index in [9.17, 15) is 0 Å². The van der Waals surface area contributed by atoms with Crippen molar-refractivity contribution >= 4 is 17.1 Å². The molecule has 3 aromatic rings. The van der Waals surface area contributed by atoms with Gasteiger partial charge in [0.25, 0.3) is 0 Å². The first kappa shape index (κ1) is 13.6. The van der Waals surface area contributed by atoms with Gasteiger partial charge in [0.15, 0.2) is 11.5 Å². The van der Waals surface area contributed by atoms with Crippen molar-refractivity contribution < 1.29 is 0 Å². The molecule has 0 aliphatic carbocycles. The molecular weight excluding hydrogens is 268 g/mol. The molecule has 0 bridgehead atoms. The number of fused-ring (bicyclic) bond motifs is 1. The molecule has 0 spiro atoms. The summed E-state index contributed by atoms with van der Waals surface area (Å²) < 4.78 is 5.70. The highest BCUT2D eigenvalue weighted by molar-refractivity contribution is 5.78. The molecule has 0 aromatic carbocycles. The fourth-order valence-corrected chi connectivity index (χ4v) is 2.79. The summed E-state index contributed by atoms with van der Waals surface area (Å²) in [5.74, 6) is 1.31. The molecule has 1 unspecified atom stereocenters.